The van der Waals surface area contributed by atoms with Gasteiger partial charge in [-0.05, 0) is 35.1 Å². The molecule has 0 aliphatic carbocycles. The van der Waals surface area contributed by atoms with Gasteiger partial charge in [-0.3, -0.25) is 10.1 Å². The van der Waals surface area contributed by atoms with Gasteiger partial charge in [0.15, 0.2) is 5.13 Å². The Hall–Kier alpha value is -2.72. The van der Waals surface area contributed by atoms with Gasteiger partial charge in [-0.1, -0.05) is 69.3 Å². The van der Waals surface area contributed by atoms with Crippen LogP contribution in [-0.4, -0.2) is 10.9 Å². The van der Waals surface area contributed by atoms with Crippen LogP contribution in [0, 0.1) is 0 Å². The monoisotopic (exact) mass is 376 g/mol. The lowest BCUT2D eigenvalue weighted by Crippen LogP contribution is -2.07. The average Bonchev–Trinajstić information content (AvgIpc) is 3.15. The number of anilines is 1. The fourth-order valence-corrected chi connectivity index (χ4v) is 3.41. The fourth-order valence-electron chi connectivity index (χ4n) is 2.69. The maximum Gasteiger partial charge on any atom is 0.250 e. The zero-order valence-electron chi connectivity index (χ0n) is 15.9. The van der Waals surface area contributed by atoms with E-state index in [-0.39, 0.29) is 5.91 Å². The van der Waals surface area contributed by atoms with Crippen molar-refractivity contribution >= 4 is 28.5 Å². The molecule has 0 radical (unpaired) electrons. The predicted octanol–water partition coefficient (Wildman–Crippen LogP) is 6.15. The van der Waals surface area contributed by atoms with Crippen LogP contribution in [0.4, 0.5) is 5.13 Å². The molecule has 0 bridgehead atoms. The van der Waals surface area contributed by atoms with Gasteiger partial charge in [0, 0.05) is 17.0 Å². The van der Waals surface area contributed by atoms with Crippen LogP contribution in [0.1, 0.15) is 43.4 Å². The minimum absolute atomic E-state index is 0.176. The topological polar surface area (TPSA) is 42.0 Å². The second kappa shape index (κ2) is 8.78. The molecule has 27 heavy (non-hydrogen) atoms. The maximum absolute atomic E-state index is 12.2. The van der Waals surface area contributed by atoms with E-state index in [2.05, 4.69) is 67.5 Å². The molecular weight excluding hydrogens is 352 g/mol. The van der Waals surface area contributed by atoms with Crippen LogP contribution in [-0.2, 0) is 11.2 Å². The number of aromatic nitrogens is 1. The molecule has 1 N–H and O–H groups in total. The number of benzene rings is 2. The number of nitrogens with zero attached hydrogens (tertiary/aromatic N) is 1. The molecule has 138 valence electrons. The van der Waals surface area contributed by atoms with Gasteiger partial charge < -0.3 is 0 Å². The number of carbonyl (C=O) groups excluding carboxylic acids is 1. The molecule has 0 aliphatic heterocycles. The number of thiazole rings is 1. The van der Waals surface area contributed by atoms with Crippen LogP contribution in [0.25, 0.3) is 17.3 Å². The SMILES string of the molecule is CCc1ccc(-c2csc(NC(=O)/C=C/c3ccc(C(C)C)cc3)n2)cc1. The third-order valence-electron chi connectivity index (χ3n) is 4.42. The van der Waals surface area contributed by atoms with Crippen LogP contribution in [0.2, 0.25) is 0 Å². The van der Waals surface area contributed by atoms with Gasteiger partial charge in [0.25, 0.3) is 0 Å². The standard InChI is InChI=1S/C23H24N2OS/c1-4-17-5-12-20(13-6-17)21-15-27-23(24-21)25-22(26)14-9-18-7-10-19(11-8-18)16(2)3/h5-16H,4H2,1-3H3,(H,24,25,26)/b14-9+. The van der Waals surface area contributed by atoms with E-state index in [0.717, 1.165) is 23.2 Å². The van der Waals surface area contributed by atoms with E-state index in [9.17, 15) is 4.79 Å². The zero-order chi connectivity index (χ0) is 19.2. The Morgan fingerprint density at radius 1 is 1.11 bits per heavy atom. The highest BCUT2D eigenvalue weighted by atomic mass is 32.1. The van der Waals surface area contributed by atoms with Crippen LogP contribution in [0.3, 0.4) is 0 Å². The highest BCUT2D eigenvalue weighted by Gasteiger charge is 2.06. The number of nitrogens with one attached hydrogen (secondary N) is 1. The van der Waals surface area contributed by atoms with Crippen molar-refractivity contribution in [2.75, 3.05) is 5.32 Å². The Morgan fingerprint density at radius 2 is 1.81 bits per heavy atom. The predicted molar refractivity (Wildman–Crippen MR) is 115 cm³/mol. The number of aryl methyl sites for hydroxylation is 1. The van der Waals surface area contributed by atoms with Crippen LogP contribution in [0.15, 0.2) is 60.0 Å². The smallest absolute Gasteiger partial charge is 0.250 e. The first kappa shape index (κ1) is 19.1. The first-order valence-corrected chi connectivity index (χ1v) is 10.1. The van der Waals surface area contributed by atoms with E-state index >= 15 is 0 Å². The van der Waals surface area contributed by atoms with Crippen LogP contribution < -0.4 is 5.32 Å². The molecule has 0 fully saturated rings. The average molecular weight is 377 g/mol. The molecule has 0 saturated heterocycles. The van der Waals surface area contributed by atoms with Gasteiger partial charge in [0.05, 0.1) is 5.69 Å². The summed E-state index contributed by atoms with van der Waals surface area (Å²) in [4.78, 5) is 16.7. The molecular formula is C23H24N2OS. The molecule has 0 saturated carbocycles. The highest BCUT2D eigenvalue weighted by molar-refractivity contribution is 7.14. The van der Waals surface area contributed by atoms with E-state index < -0.39 is 0 Å². The number of amides is 1. The minimum Gasteiger partial charge on any atom is -0.298 e. The Morgan fingerprint density at radius 3 is 2.44 bits per heavy atom. The minimum atomic E-state index is -0.176. The summed E-state index contributed by atoms with van der Waals surface area (Å²) in [7, 11) is 0. The van der Waals surface area contributed by atoms with Crippen molar-refractivity contribution in [2.24, 2.45) is 0 Å². The Bertz CT molecular complexity index is 922. The molecule has 0 atom stereocenters. The fraction of sp³-hybridized carbons (Fsp3) is 0.217. The number of rotatable bonds is 6. The van der Waals surface area contributed by atoms with E-state index in [1.807, 2.05) is 23.6 Å². The summed E-state index contributed by atoms with van der Waals surface area (Å²) in [6.07, 6.45) is 4.38. The van der Waals surface area contributed by atoms with Crippen molar-refractivity contribution in [1.29, 1.82) is 0 Å². The van der Waals surface area contributed by atoms with Gasteiger partial charge in [0.2, 0.25) is 5.91 Å². The normalized spacial score (nSPS) is 11.3. The second-order valence-electron chi connectivity index (χ2n) is 6.73. The number of carbonyl (C=O) groups is 1. The highest BCUT2D eigenvalue weighted by Crippen LogP contribution is 2.25. The molecule has 0 unspecified atom stereocenters. The largest absolute Gasteiger partial charge is 0.298 e. The molecule has 0 aliphatic rings. The summed E-state index contributed by atoms with van der Waals surface area (Å²) < 4.78 is 0. The maximum atomic E-state index is 12.2. The third kappa shape index (κ3) is 5.14. The zero-order valence-corrected chi connectivity index (χ0v) is 16.7. The lowest BCUT2D eigenvalue weighted by molar-refractivity contribution is -0.111. The molecule has 3 nitrogen and oxygen atoms in total. The Balaban J connectivity index is 1.61. The lowest BCUT2D eigenvalue weighted by Gasteiger charge is -2.04. The van der Waals surface area contributed by atoms with E-state index in [0.29, 0.717) is 11.0 Å². The van der Waals surface area contributed by atoms with Crippen molar-refractivity contribution in [1.82, 2.24) is 4.98 Å². The number of hydrogen-bond donors (Lipinski definition) is 1. The molecule has 1 heterocycles. The van der Waals surface area contributed by atoms with Gasteiger partial charge in [0.1, 0.15) is 0 Å². The lowest BCUT2D eigenvalue weighted by atomic mass is 10.0. The summed E-state index contributed by atoms with van der Waals surface area (Å²) in [5.74, 6) is 0.328. The molecule has 3 aromatic rings. The molecule has 2 aromatic carbocycles. The molecule has 0 spiro atoms. The van der Waals surface area contributed by atoms with Crippen molar-refractivity contribution in [3.8, 4) is 11.3 Å². The van der Waals surface area contributed by atoms with Gasteiger partial charge in [-0.2, -0.15) is 0 Å². The van der Waals surface area contributed by atoms with E-state index in [1.54, 1.807) is 6.08 Å². The van der Waals surface area contributed by atoms with Crippen molar-refractivity contribution < 1.29 is 4.79 Å². The van der Waals surface area contributed by atoms with Crippen molar-refractivity contribution in [2.45, 2.75) is 33.1 Å². The Kier molecular flexibility index (Phi) is 6.20. The quantitative estimate of drug-likeness (QED) is 0.524. The van der Waals surface area contributed by atoms with Gasteiger partial charge >= 0.3 is 0 Å². The van der Waals surface area contributed by atoms with Crippen molar-refractivity contribution in [3.63, 3.8) is 0 Å². The summed E-state index contributed by atoms with van der Waals surface area (Å²) in [6.45, 7) is 6.47. The van der Waals surface area contributed by atoms with Crippen molar-refractivity contribution in [3.05, 3.63) is 76.7 Å². The summed E-state index contributed by atoms with van der Waals surface area (Å²) in [5, 5.41) is 5.41. The summed E-state index contributed by atoms with van der Waals surface area (Å²) in [5.41, 5.74) is 5.54. The summed E-state index contributed by atoms with van der Waals surface area (Å²) >= 11 is 1.43. The van der Waals surface area contributed by atoms with E-state index in [4.69, 9.17) is 0 Å². The number of hydrogen-bond acceptors (Lipinski definition) is 3. The molecule has 4 heteroatoms. The summed E-state index contributed by atoms with van der Waals surface area (Å²) in [6, 6.07) is 16.6. The molecule has 3 rings (SSSR count). The second-order valence-corrected chi connectivity index (χ2v) is 7.59. The van der Waals surface area contributed by atoms with Gasteiger partial charge in [-0.25, -0.2) is 4.98 Å². The third-order valence-corrected chi connectivity index (χ3v) is 5.18. The first-order chi connectivity index (χ1) is 13.0. The molecule has 1 aromatic heterocycles. The Labute approximate surface area is 164 Å². The van der Waals surface area contributed by atoms with E-state index in [1.165, 1.54) is 22.5 Å². The molecule has 1 amide bonds. The van der Waals surface area contributed by atoms with Gasteiger partial charge in [-0.15, -0.1) is 11.3 Å². The van der Waals surface area contributed by atoms with Crippen LogP contribution in [0.5, 0.6) is 0 Å². The van der Waals surface area contributed by atoms with Crippen LogP contribution >= 0.6 is 11.3 Å². The first-order valence-electron chi connectivity index (χ1n) is 9.19.